The number of imidazole rings is 1. The third kappa shape index (κ3) is 2.18. The highest BCUT2D eigenvalue weighted by atomic mass is 16.1. The summed E-state index contributed by atoms with van der Waals surface area (Å²) in [5.74, 6) is -0.0446. The molecule has 0 atom stereocenters. The van der Waals surface area contributed by atoms with Gasteiger partial charge in [0.15, 0.2) is 5.78 Å². The Morgan fingerprint density at radius 2 is 2.12 bits per heavy atom. The molecular formula is C12H14N4O. The lowest BCUT2D eigenvalue weighted by Crippen LogP contribution is -1.99. The molecule has 2 aromatic rings. The summed E-state index contributed by atoms with van der Waals surface area (Å²) in [5, 5.41) is 4.04. The fourth-order valence-electron chi connectivity index (χ4n) is 1.52. The molecule has 0 radical (unpaired) electrons. The number of hydrogen-bond donors (Lipinski definition) is 0. The highest BCUT2D eigenvalue weighted by Gasteiger charge is 2.09. The van der Waals surface area contributed by atoms with Crippen LogP contribution in [-0.2, 0) is 14.1 Å². The predicted molar refractivity (Wildman–Crippen MR) is 64.5 cm³/mol. The Hall–Kier alpha value is -2.17. The lowest BCUT2D eigenvalue weighted by molar-refractivity contribution is 0.104. The quantitative estimate of drug-likeness (QED) is 0.591. The zero-order chi connectivity index (χ0) is 12.4. The van der Waals surface area contributed by atoms with Gasteiger partial charge in [0.1, 0.15) is 0 Å². The van der Waals surface area contributed by atoms with Gasteiger partial charge in [0.25, 0.3) is 0 Å². The van der Waals surface area contributed by atoms with E-state index in [9.17, 15) is 4.79 Å². The number of hydrogen-bond acceptors (Lipinski definition) is 3. The van der Waals surface area contributed by atoms with Crippen molar-refractivity contribution >= 4 is 11.9 Å². The smallest absolute Gasteiger partial charge is 0.189 e. The molecule has 5 nitrogen and oxygen atoms in total. The standard InChI is InChI=1S/C12H14N4O/c1-9-11(7-14-16(9)3)12(17)5-4-10-6-13-8-15(10)2/h4-8H,1-3H3/b5-4+. The largest absolute Gasteiger partial charge is 0.334 e. The van der Waals surface area contributed by atoms with Crippen LogP contribution in [0.15, 0.2) is 24.8 Å². The minimum absolute atomic E-state index is 0.0446. The van der Waals surface area contributed by atoms with Gasteiger partial charge in [-0.3, -0.25) is 9.48 Å². The lowest BCUT2D eigenvalue weighted by atomic mass is 10.1. The maximum absolute atomic E-state index is 11.9. The molecule has 0 aromatic carbocycles. The zero-order valence-corrected chi connectivity index (χ0v) is 10.1. The molecule has 0 saturated heterocycles. The van der Waals surface area contributed by atoms with Crippen molar-refractivity contribution in [2.24, 2.45) is 14.1 Å². The Bertz CT molecular complexity index is 577. The molecule has 2 rings (SSSR count). The second-order valence-corrected chi connectivity index (χ2v) is 3.89. The van der Waals surface area contributed by atoms with E-state index < -0.39 is 0 Å². The number of rotatable bonds is 3. The summed E-state index contributed by atoms with van der Waals surface area (Å²) < 4.78 is 3.53. The van der Waals surface area contributed by atoms with Crippen LogP contribution in [-0.4, -0.2) is 25.1 Å². The Morgan fingerprint density at radius 1 is 1.35 bits per heavy atom. The molecule has 2 heterocycles. The summed E-state index contributed by atoms with van der Waals surface area (Å²) in [5.41, 5.74) is 2.38. The molecule has 0 fully saturated rings. The van der Waals surface area contributed by atoms with Crippen LogP contribution >= 0.6 is 0 Å². The fourth-order valence-corrected chi connectivity index (χ4v) is 1.52. The van der Waals surface area contributed by atoms with Gasteiger partial charge >= 0.3 is 0 Å². The van der Waals surface area contributed by atoms with Gasteiger partial charge in [-0.15, -0.1) is 0 Å². The molecule has 0 unspecified atom stereocenters. The van der Waals surface area contributed by atoms with Crippen molar-refractivity contribution in [3.8, 4) is 0 Å². The van der Waals surface area contributed by atoms with Crippen molar-refractivity contribution in [2.75, 3.05) is 0 Å². The van der Waals surface area contributed by atoms with Crippen LogP contribution < -0.4 is 0 Å². The Labute approximate surface area is 99.4 Å². The third-order valence-corrected chi connectivity index (χ3v) is 2.76. The second-order valence-electron chi connectivity index (χ2n) is 3.89. The SMILES string of the molecule is Cc1c(C(=O)/C=C/c2cncn2C)cnn1C. The van der Waals surface area contributed by atoms with E-state index >= 15 is 0 Å². The van der Waals surface area contributed by atoms with Gasteiger partial charge in [0.2, 0.25) is 0 Å². The van der Waals surface area contributed by atoms with Gasteiger partial charge in [-0.1, -0.05) is 0 Å². The van der Waals surface area contributed by atoms with Crippen molar-refractivity contribution in [3.63, 3.8) is 0 Å². The first kappa shape index (κ1) is 11.3. The Morgan fingerprint density at radius 3 is 2.65 bits per heavy atom. The number of nitrogens with zero attached hydrogens (tertiary/aromatic N) is 4. The van der Waals surface area contributed by atoms with E-state index in [1.54, 1.807) is 35.6 Å². The minimum Gasteiger partial charge on any atom is -0.334 e. The number of carbonyl (C=O) groups is 1. The summed E-state index contributed by atoms with van der Waals surface area (Å²) in [6, 6.07) is 0. The molecule has 0 aliphatic rings. The molecule has 0 amide bonds. The van der Waals surface area contributed by atoms with Crippen molar-refractivity contribution < 1.29 is 4.79 Å². The molecule has 0 aliphatic carbocycles. The van der Waals surface area contributed by atoms with E-state index in [4.69, 9.17) is 0 Å². The summed E-state index contributed by atoms with van der Waals surface area (Å²) in [7, 11) is 3.70. The highest BCUT2D eigenvalue weighted by Crippen LogP contribution is 2.08. The summed E-state index contributed by atoms with van der Waals surface area (Å²) in [6.07, 6.45) is 8.29. The molecule has 17 heavy (non-hydrogen) atoms. The molecule has 0 aliphatic heterocycles. The molecule has 0 spiro atoms. The number of aromatic nitrogens is 4. The maximum atomic E-state index is 11.9. The molecule has 0 saturated carbocycles. The monoisotopic (exact) mass is 230 g/mol. The van der Waals surface area contributed by atoms with Gasteiger partial charge < -0.3 is 4.57 Å². The van der Waals surface area contributed by atoms with Gasteiger partial charge in [-0.2, -0.15) is 5.10 Å². The van der Waals surface area contributed by atoms with E-state index in [1.807, 2.05) is 25.6 Å². The molecule has 88 valence electrons. The number of aryl methyl sites for hydroxylation is 2. The molecule has 5 heteroatoms. The first-order valence-electron chi connectivity index (χ1n) is 5.27. The number of allylic oxidation sites excluding steroid dienone is 1. The average molecular weight is 230 g/mol. The highest BCUT2D eigenvalue weighted by molar-refractivity contribution is 6.07. The summed E-state index contributed by atoms with van der Waals surface area (Å²) >= 11 is 0. The van der Waals surface area contributed by atoms with Crippen molar-refractivity contribution in [3.05, 3.63) is 41.7 Å². The Kier molecular flexibility index (Phi) is 2.91. The first-order valence-corrected chi connectivity index (χ1v) is 5.27. The van der Waals surface area contributed by atoms with Crippen LogP contribution in [0.4, 0.5) is 0 Å². The zero-order valence-electron chi connectivity index (χ0n) is 10.1. The predicted octanol–water partition coefficient (Wildman–Crippen LogP) is 1.36. The summed E-state index contributed by atoms with van der Waals surface area (Å²) in [4.78, 5) is 15.9. The van der Waals surface area contributed by atoms with Gasteiger partial charge in [0.05, 0.1) is 30.0 Å². The molecule has 0 N–H and O–H groups in total. The van der Waals surface area contributed by atoms with Crippen LogP contribution in [0.1, 0.15) is 21.7 Å². The van der Waals surface area contributed by atoms with E-state index in [0.29, 0.717) is 5.56 Å². The van der Waals surface area contributed by atoms with E-state index in [1.165, 1.54) is 0 Å². The van der Waals surface area contributed by atoms with Gasteiger partial charge in [-0.25, -0.2) is 4.98 Å². The van der Waals surface area contributed by atoms with E-state index in [0.717, 1.165) is 11.4 Å². The second kappa shape index (κ2) is 4.37. The van der Waals surface area contributed by atoms with Crippen molar-refractivity contribution in [1.29, 1.82) is 0 Å². The van der Waals surface area contributed by atoms with Crippen molar-refractivity contribution in [2.45, 2.75) is 6.92 Å². The topological polar surface area (TPSA) is 52.7 Å². The maximum Gasteiger partial charge on any atom is 0.189 e. The molecular weight excluding hydrogens is 216 g/mol. The van der Waals surface area contributed by atoms with E-state index in [2.05, 4.69) is 10.1 Å². The molecule has 2 aromatic heterocycles. The summed E-state index contributed by atoms with van der Waals surface area (Å²) in [6.45, 7) is 1.87. The van der Waals surface area contributed by atoms with Crippen LogP contribution in [0.5, 0.6) is 0 Å². The number of carbonyl (C=O) groups excluding carboxylic acids is 1. The fraction of sp³-hybridized carbons (Fsp3) is 0.250. The lowest BCUT2D eigenvalue weighted by Gasteiger charge is -1.96. The minimum atomic E-state index is -0.0446. The first-order chi connectivity index (χ1) is 8.09. The van der Waals surface area contributed by atoms with Crippen LogP contribution in [0.3, 0.4) is 0 Å². The van der Waals surface area contributed by atoms with Gasteiger partial charge in [-0.05, 0) is 19.1 Å². The third-order valence-electron chi connectivity index (χ3n) is 2.76. The number of ketones is 1. The Balaban J connectivity index is 2.20. The van der Waals surface area contributed by atoms with E-state index in [-0.39, 0.29) is 5.78 Å². The molecule has 0 bridgehead atoms. The normalized spacial score (nSPS) is 11.2. The van der Waals surface area contributed by atoms with Crippen LogP contribution in [0.25, 0.3) is 6.08 Å². The average Bonchev–Trinajstić information content (AvgIpc) is 2.84. The van der Waals surface area contributed by atoms with Crippen molar-refractivity contribution in [1.82, 2.24) is 19.3 Å². The van der Waals surface area contributed by atoms with Crippen LogP contribution in [0, 0.1) is 6.92 Å². The van der Waals surface area contributed by atoms with Crippen LogP contribution in [0.2, 0.25) is 0 Å². The van der Waals surface area contributed by atoms with Gasteiger partial charge in [0, 0.05) is 19.8 Å².